The second-order valence-electron chi connectivity index (χ2n) is 5.17. The van der Waals surface area contributed by atoms with Crippen LogP contribution in [0.3, 0.4) is 0 Å². The average Bonchev–Trinajstić information content (AvgIpc) is 2.35. The highest BCUT2D eigenvalue weighted by Gasteiger charge is 2.10. The average molecular weight is 250 g/mol. The monoisotopic (exact) mass is 250 g/mol. The van der Waals surface area contributed by atoms with Crippen LogP contribution in [-0.2, 0) is 13.0 Å². The zero-order valence-corrected chi connectivity index (χ0v) is 12.1. The van der Waals surface area contributed by atoms with E-state index in [0.29, 0.717) is 5.92 Å². The van der Waals surface area contributed by atoms with Gasteiger partial charge in [-0.1, -0.05) is 27.2 Å². The lowest BCUT2D eigenvalue weighted by atomic mass is 10.1. The van der Waals surface area contributed by atoms with Crippen LogP contribution in [0.15, 0.2) is 12.1 Å². The van der Waals surface area contributed by atoms with Crippen LogP contribution < -0.4 is 4.90 Å². The minimum absolute atomic E-state index is 0.0888. The van der Waals surface area contributed by atoms with Gasteiger partial charge in [-0.2, -0.15) is 0 Å². The van der Waals surface area contributed by atoms with Crippen molar-refractivity contribution < 1.29 is 5.11 Å². The quantitative estimate of drug-likeness (QED) is 0.808. The van der Waals surface area contributed by atoms with Gasteiger partial charge < -0.3 is 10.0 Å². The Kier molecular flexibility index (Phi) is 6.13. The van der Waals surface area contributed by atoms with Crippen LogP contribution in [0.5, 0.6) is 0 Å². The fourth-order valence-corrected chi connectivity index (χ4v) is 2.10. The topological polar surface area (TPSA) is 36.4 Å². The lowest BCUT2D eigenvalue weighted by molar-refractivity contribution is 0.281. The van der Waals surface area contributed by atoms with E-state index in [1.807, 2.05) is 12.1 Å². The number of aliphatic hydroxyl groups excluding tert-OH is 1. The van der Waals surface area contributed by atoms with Crippen LogP contribution in [-0.4, -0.2) is 23.2 Å². The van der Waals surface area contributed by atoms with Crippen LogP contribution in [0.1, 0.15) is 45.4 Å². The first-order valence-electron chi connectivity index (χ1n) is 6.96. The summed E-state index contributed by atoms with van der Waals surface area (Å²) in [6.45, 7) is 10.8. The van der Waals surface area contributed by atoms with Crippen LogP contribution in [0, 0.1) is 5.92 Å². The second kappa shape index (κ2) is 7.37. The SMILES string of the molecule is CCCc1cc(CO)cc(N(CC)CC(C)C)n1. The molecule has 1 aromatic rings. The number of rotatable bonds is 7. The molecule has 0 atom stereocenters. The lowest BCUT2D eigenvalue weighted by Gasteiger charge is -2.25. The van der Waals surface area contributed by atoms with Gasteiger partial charge in [0.15, 0.2) is 0 Å². The zero-order chi connectivity index (χ0) is 13.5. The highest BCUT2D eigenvalue weighted by molar-refractivity contribution is 5.42. The molecule has 0 bridgehead atoms. The molecule has 0 saturated carbocycles. The van der Waals surface area contributed by atoms with Gasteiger partial charge in [0.1, 0.15) is 5.82 Å². The molecular formula is C15H26N2O. The predicted octanol–water partition coefficient (Wildman–Crippen LogP) is 3.01. The first-order valence-corrected chi connectivity index (χ1v) is 6.96. The molecule has 3 heteroatoms. The third kappa shape index (κ3) is 4.30. The standard InChI is InChI=1S/C15H26N2O/c1-5-7-14-8-13(11-18)9-15(16-14)17(6-2)10-12(3)4/h8-9,12,18H,5-7,10-11H2,1-4H3. The normalized spacial score (nSPS) is 11.0. The van der Waals surface area contributed by atoms with Gasteiger partial charge in [0.25, 0.3) is 0 Å². The molecule has 3 nitrogen and oxygen atoms in total. The molecule has 1 rings (SSSR count). The van der Waals surface area contributed by atoms with Crippen LogP contribution in [0.2, 0.25) is 0 Å². The number of aliphatic hydroxyl groups is 1. The largest absolute Gasteiger partial charge is 0.392 e. The molecule has 102 valence electrons. The summed E-state index contributed by atoms with van der Waals surface area (Å²) in [5.41, 5.74) is 2.05. The zero-order valence-electron chi connectivity index (χ0n) is 12.1. The Labute approximate surface area is 111 Å². The molecule has 0 saturated heterocycles. The van der Waals surface area contributed by atoms with Crippen LogP contribution in [0.4, 0.5) is 5.82 Å². The Morgan fingerprint density at radius 3 is 2.50 bits per heavy atom. The number of hydrogen-bond donors (Lipinski definition) is 1. The van der Waals surface area contributed by atoms with E-state index in [0.717, 1.165) is 43.0 Å². The number of nitrogens with zero attached hydrogens (tertiary/aromatic N) is 2. The highest BCUT2D eigenvalue weighted by atomic mass is 16.3. The summed E-state index contributed by atoms with van der Waals surface area (Å²) in [6, 6.07) is 4.02. The van der Waals surface area contributed by atoms with Crippen LogP contribution >= 0.6 is 0 Å². The number of aromatic nitrogens is 1. The lowest BCUT2D eigenvalue weighted by Crippen LogP contribution is -2.28. The molecule has 0 radical (unpaired) electrons. The molecule has 0 aliphatic rings. The summed E-state index contributed by atoms with van der Waals surface area (Å²) in [4.78, 5) is 6.99. The van der Waals surface area contributed by atoms with Crippen molar-refractivity contribution >= 4 is 5.82 Å². The maximum Gasteiger partial charge on any atom is 0.129 e. The molecule has 18 heavy (non-hydrogen) atoms. The van der Waals surface area contributed by atoms with Gasteiger partial charge in [0.2, 0.25) is 0 Å². The summed E-state index contributed by atoms with van der Waals surface area (Å²) in [7, 11) is 0. The summed E-state index contributed by atoms with van der Waals surface area (Å²) in [5, 5.41) is 9.34. The number of aryl methyl sites for hydroxylation is 1. The van der Waals surface area contributed by atoms with Crippen molar-refractivity contribution in [3.8, 4) is 0 Å². The molecular weight excluding hydrogens is 224 g/mol. The van der Waals surface area contributed by atoms with E-state index < -0.39 is 0 Å². The van der Waals surface area contributed by atoms with Gasteiger partial charge in [-0.3, -0.25) is 0 Å². The second-order valence-corrected chi connectivity index (χ2v) is 5.17. The molecule has 0 aromatic carbocycles. The first kappa shape index (κ1) is 15.0. The van der Waals surface area contributed by atoms with Crippen molar-refractivity contribution in [2.75, 3.05) is 18.0 Å². The van der Waals surface area contributed by atoms with Gasteiger partial charge in [0.05, 0.1) is 6.61 Å². The van der Waals surface area contributed by atoms with E-state index >= 15 is 0 Å². The Morgan fingerprint density at radius 1 is 1.28 bits per heavy atom. The fourth-order valence-electron chi connectivity index (χ4n) is 2.10. The van der Waals surface area contributed by atoms with E-state index in [1.165, 1.54) is 0 Å². The third-order valence-corrected chi connectivity index (χ3v) is 2.90. The molecule has 1 N–H and O–H groups in total. The number of anilines is 1. The van der Waals surface area contributed by atoms with E-state index in [9.17, 15) is 5.11 Å². The molecule has 0 aliphatic carbocycles. The molecule has 0 fully saturated rings. The predicted molar refractivity (Wildman–Crippen MR) is 76.9 cm³/mol. The Bertz CT molecular complexity index is 364. The van der Waals surface area contributed by atoms with Gasteiger partial charge in [-0.25, -0.2) is 4.98 Å². The summed E-state index contributed by atoms with van der Waals surface area (Å²) in [5.74, 6) is 1.61. The van der Waals surface area contributed by atoms with E-state index in [4.69, 9.17) is 4.98 Å². The molecule has 0 unspecified atom stereocenters. The van der Waals surface area contributed by atoms with Gasteiger partial charge in [-0.05, 0) is 37.0 Å². The van der Waals surface area contributed by atoms with Crippen molar-refractivity contribution in [3.05, 3.63) is 23.4 Å². The maximum atomic E-state index is 9.34. The van der Waals surface area contributed by atoms with Crippen molar-refractivity contribution in [1.82, 2.24) is 4.98 Å². The fraction of sp³-hybridized carbons (Fsp3) is 0.667. The minimum Gasteiger partial charge on any atom is -0.392 e. The molecule has 0 amide bonds. The van der Waals surface area contributed by atoms with Gasteiger partial charge in [-0.15, -0.1) is 0 Å². The molecule has 1 heterocycles. The van der Waals surface area contributed by atoms with Gasteiger partial charge >= 0.3 is 0 Å². The molecule has 0 aliphatic heterocycles. The maximum absolute atomic E-state index is 9.34. The smallest absolute Gasteiger partial charge is 0.129 e. The van der Waals surface area contributed by atoms with Crippen molar-refractivity contribution in [3.63, 3.8) is 0 Å². The highest BCUT2D eigenvalue weighted by Crippen LogP contribution is 2.17. The van der Waals surface area contributed by atoms with Crippen molar-refractivity contribution in [1.29, 1.82) is 0 Å². The van der Waals surface area contributed by atoms with E-state index in [1.54, 1.807) is 0 Å². The molecule has 1 aromatic heterocycles. The van der Waals surface area contributed by atoms with Crippen molar-refractivity contribution in [2.24, 2.45) is 5.92 Å². The third-order valence-electron chi connectivity index (χ3n) is 2.90. The summed E-state index contributed by atoms with van der Waals surface area (Å²) < 4.78 is 0. The minimum atomic E-state index is 0.0888. The van der Waals surface area contributed by atoms with Gasteiger partial charge in [0, 0.05) is 18.8 Å². The Morgan fingerprint density at radius 2 is 2.00 bits per heavy atom. The first-order chi connectivity index (χ1) is 8.60. The van der Waals surface area contributed by atoms with E-state index in [-0.39, 0.29) is 6.61 Å². The van der Waals surface area contributed by atoms with Crippen LogP contribution in [0.25, 0.3) is 0 Å². The Balaban J connectivity index is 3.00. The Hall–Kier alpha value is -1.09. The number of pyridine rings is 1. The summed E-state index contributed by atoms with van der Waals surface area (Å²) in [6.07, 6.45) is 2.05. The van der Waals surface area contributed by atoms with E-state index in [2.05, 4.69) is 32.6 Å². The number of hydrogen-bond acceptors (Lipinski definition) is 3. The summed E-state index contributed by atoms with van der Waals surface area (Å²) >= 11 is 0. The van der Waals surface area contributed by atoms with Crippen molar-refractivity contribution in [2.45, 2.75) is 47.1 Å². The molecule has 0 spiro atoms.